The van der Waals surface area contributed by atoms with Crippen molar-refractivity contribution in [3.05, 3.63) is 42.2 Å². The van der Waals surface area contributed by atoms with Gasteiger partial charge in [-0.1, -0.05) is 37.3 Å². The molecule has 1 aromatic heterocycles. The van der Waals surface area contributed by atoms with Crippen molar-refractivity contribution in [2.75, 3.05) is 6.54 Å². The van der Waals surface area contributed by atoms with E-state index in [9.17, 15) is 0 Å². The zero-order valence-electron chi connectivity index (χ0n) is 9.59. The average molecular weight is 216 g/mol. The van der Waals surface area contributed by atoms with Gasteiger partial charge in [0, 0.05) is 12.0 Å². The Balaban J connectivity index is 2.34. The lowest BCUT2D eigenvalue weighted by Gasteiger charge is -2.18. The highest BCUT2D eigenvalue weighted by Gasteiger charge is 2.22. The van der Waals surface area contributed by atoms with Gasteiger partial charge in [0.1, 0.15) is 0 Å². The predicted molar refractivity (Wildman–Crippen MR) is 63.4 cm³/mol. The van der Waals surface area contributed by atoms with Crippen LogP contribution in [0.25, 0.3) is 5.69 Å². The maximum atomic E-state index is 5.71. The molecule has 1 heterocycles. The SMILES string of the molecule is CC(C)(CN)c1cn(-c2ccccc2)nn1. The monoisotopic (exact) mass is 216 g/mol. The Hall–Kier alpha value is -1.68. The lowest BCUT2D eigenvalue weighted by Crippen LogP contribution is -2.28. The Labute approximate surface area is 95.1 Å². The molecule has 0 atom stereocenters. The third-order valence-corrected chi connectivity index (χ3v) is 2.72. The first-order valence-electron chi connectivity index (χ1n) is 5.32. The molecule has 1 aromatic carbocycles. The van der Waals surface area contributed by atoms with Gasteiger partial charge in [-0.25, -0.2) is 4.68 Å². The van der Waals surface area contributed by atoms with Crippen molar-refractivity contribution in [3.63, 3.8) is 0 Å². The van der Waals surface area contributed by atoms with E-state index in [-0.39, 0.29) is 5.41 Å². The van der Waals surface area contributed by atoms with Gasteiger partial charge in [0.05, 0.1) is 17.6 Å². The molecule has 0 aliphatic rings. The first-order chi connectivity index (χ1) is 7.63. The van der Waals surface area contributed by atoms with Crippen LogP contribution < -0.4 is 5.73 Å². The number of para-hydroxylation sites is 1. The normalized spacial score (nSPS) is 11.7. The second kappa shape index (κ2) is 4.06. The molecule has 0 unspecified atom stereocenters. The Bertz CT molecular complexity index is 459. The van der Waals surface area contributed by atoms with Crippen molar-refractivity contribution in [3.8, 4) is 5.69 Å². The van der Waals surface area contributed by atoms with E-state index in [1.54, 1.807) is 4.68 Å². The Morgan fingerprint density at radius 2 is 1.94 bits per heavy atom. The van der Waals surface area contributed by atoms with Crippen molar-refractivity contribution in [2.24, 2.45) is 5.73 Å². The molecule has 0 fully saturated rings. The third-order valence-electron chi connectivity index (χ3n) is 2.72. The van der Waals surface area contributed by atoms with Gasteiger partial charge in [-0.3, -0.25) is 0 Å². The summed E-state index contributed by atoms with van der Waals surface area (Å²) in [7, 11) is 0. The second-order valence-corrected chi connectivity index (χ2v) is 4.47. The molecule has 84 valence electrons. The topological polar surface area (TPSA) is 56.7 Å². The summed E-state index contributed by atoms with van der Waals surface area (Å²) in [6.07, 6.45) is 1.93. The number of hydrogen-bond donors (Lipinski definition) is 1. The maximum absolute atomic E-state index is 5.71. The van der Waals surface area contributed by atoms with E-state index in [0.717, 1.165) is 11.4 Å². The number of nitrogens with two attached hydrogens (primary N) is 1. The molecule has 0 saturated heterocycles. The summed E-state index contributed by atoms with van der Waals surface area (Å²) >= 11 is 0. The van der Waals surface area contributed by atoms with Crippen LogP contribution in [0.5, 0.6) is 0 Å². The molecule has 2 aromatic rings. The molecule has 4 nitrogen and oxygen atoms in total. The molecular weight excluding hydrogens is 200 g/mol. The Kier molecular flexibility index (Phi) is 2.75. The molecule has 4 heteroatoms. The van der Waals surface area contributed by atoms with E-state index >= 15 is 0 Å². The van der Waals surface area contributed by atoms with Crippen molar-refractivity contribution in [2.45, 2.75) is 19.3 Å². The molecule has 2 rings (SSSR count). The van der Waals surface area contributed by atoms with E-state index in [1.165, 1.54) is 0 Å². The van der Waals surface area contributed by atoms with Crippen molar-refractivity contribution in [1.29, 1.82) is 0 Å². The van der Waals surface area contributed by atoms with Gasteiger partial charge in [0.2, 0.25) is 0 Å². The van der Waals surface area contributed by atoms with Crippen LogP contribution in [-0.4, -0.2) is 21.5 Å². The highest BCUT2D eigenvalue weighted by molar-refractivity contribution is 5.30. The van der Waals surface area contributed by atoms with Crippen LogP contribution in [0, 0.1) is 0 Å². The highest BCUT2D eigenvalue weighted by atomic mass is 15.4. The molecule has 0 amide bonds. The van der Waals surface area contributed by atoms with Crippen LogP contribution in [0.3, 0.4) is 0 Å². The summed E-state index contributed by atoms with van der Waals surface area (Å²) in [6, 6.07) is 9.92. The van der Waals surface area contributed by atoms with Gasteiger partial charge >= 0.3 is 0 Å². The molecule has 0 radical (unpaired) electrons. The minimum absolute atomic E-state index is 0.132. The first kappa shape index (κ1) is 10.8. The maximum Gasteiger partial charge on any atom is 0.0900 e. The molecule has 0 spiro atoms. The smallest absolute Gasteiger partial charge is 0.0900 e. The Morgan fingerprint density at radius 1 is 1.25 bits per heavy atom. The highest BCUT2D eigenvalue weighted by Crippen LogP contribution is 2.19. The van der Waals surface area contributed by atoms with E-state index < -0.39 is 0 Å². The van der Waals surface area contributed by atoms with Gasteiger partial charge in [-0.05, 0) is 12.1 Å². The molecule has 0 aliphatic carbocycles. The van der Waals surface area contributed by atoms with Crippen LogP contribution in [0.2, 0.25) is 0 Å². The molecule has 2 N–H and O–H groups in total. The summed E-state index contributed by atoms with van der Waals surface area (Å²) in [5.74, 6) is 0. The Morgan fingerprint density at radius 3 is 2.56 bits per heavy atom. The largest absolute Gasteiger partial charge is 0.330 e. The summed E-state index contributed by atoms with van der Waals surface area (Å²) in [5, 5.41) is 8.28. The second-order valence-electron chi connectivity index (χ2n) is 4.47. The number of benzene rings is 1. The van der Waals surface area contributed by atoms with E-state index in [0.29, 0.717) is 6.54 Å². The quantitative estimate of drug-likeness (QED) is 0.846. The lowest BCUT2D eigenvalue weighted by atomic mass is 9.90. The summed E-state index contributed by atoms with van der Waals surface area (Å²) < 4.78 is 1.77. The summed E-state index contributed by atoms with van der Waals surface area (Å²) in [4.78, 5) is 0. The van der Waals surface area contributed by atoms with Crippen molar-refractivity contribution < 1.29 is 0 Å². The van der Waals surface area contributed by atoms with E-state index in [4.69, 9.17) is 5.73 Å². The van der Waals surface area contributed by atoms with Crippen LogP contribution >= 0.6 is 0 Å². The third kappa shape index (κ3) is 1.97. The molecule has 16 heavy (non-hydrogen) atoms. The van der Waals surface area contributed by atoms with Gasteiger partial charge in [0.15, 0.2) is 0 Å². The minimum atomic E-state index is -0.132. The minimum Gasteiger partial charge on any atom is -0.330 e. The van der Waals surface area contributed by atoms with Crippen LogP contribution in [0.4, 0.5) is 0 Å². The first-order valence-corrected chi connectivity index (χ1v) is 5.32. The van der Waals surface area contributed by atoms with Gasteiger partial charge in [-0.2, -0.15) is 0 Å². The van der Waals surface area contributed by atoms with E-state index in [2.05, 4.69) is 24.2 Å². The summed E-state index contributed by atoms with van der Waals surface area (Å²) in [5.41, 5.74) is 7.50. The van der Waals surface area contributed by atoms with Crippen molar-refractivity contribution >= 4 is 0 Å². The summed E-state index contributed by atoms with van der Waals surface area (Å²) in [6.45, 7) is 4.68. The van der Waals surface area contributed by atoms with Gasteiger partial charge in [0.25, 0.3) is 0 Å². The standard InChI is InChI=1S/C12H16N4/c1-12(2,9-13)11-8-16(15-14-11)10-6-4-3-5-7-10/h3-8H,9,13H2,1-2H3. The molecule has 0 saturated carbocycles. The molecular formula is C12H16N4. The fourth-order valence-electron chi connectivity index (χ4n) is 1.39. The molecule has 0 bridgehead atoms. The number of aromatic nitrogens is 3. The van der Waals surface area contributed by atoms with Crippen molar-refractivity contribution in [1.82, 2.24) is 15.0 Å². The predicted octanol–water partition coefficient (Wildman–Crippen LogP) is 1.50. The fraction of sp³-hybridized carbons (Fsp3) is 0.333. The fourth-order valence-corrected chi connectivity index (χ4v) is 1.39. The zero-order chi connectivity index (χ0) is 11.6. The van der Waals surface area contributed by atoms with Crippen LogP contribution in [0.1, 0.15) is 19.5 Å². The average Bonchev–Trinajstić information content (AvgIpc) is 2.80. The number of nitrogens with zero attached hydrogens (tertiary/aromatic N) is 3. The van der Waals surface area contributed by atoms with Gasteiger partial charge < -0.3 is 5.73 Å². The van der Waals surface area contributed by atoms with Gasteiger partial charge in [-0.15, -0.1) is 5.10 Å². The van der Waals surface area contributed by atoms with E-state index in [1.807, 2.05) is 36.5 Å². The van der Waals surface area contributed by atoms with Crippen LogP contribution in [-0.2, 0) is 5.41 Å². The zero-order valence-corrected chi connectivity index (χ0v) is 9.59. The lowest BCUT2D eigenvalue weighted by molar-refractivity contribution is 0.520. The molecule has 0 aliphatic heterocycles. The number of rotatable bonds is 3. The number of hydrogen-bond acceptors (Lipinski definition) is 3. The van der Waals surface area contributed by atoms with Crippen LogP contribution in [0.15, 0.2) is 36.5 Å².